The Labute approximate surface area is 91.3 Å². The molecule has 0 saturated heterocycles. The van der Waals surface area contributed by atoms with E-state index in [0.717, 1.165) is 18.2 Å². The molecule has 1 saturated carbocycles. The predicted molar refractivity (Wildman–Crippen MR) is 61.7 cm³/mol. The van der Waals surface area contributed by atoms with Crippen molar-refractivity contribution >= 4 is 5.69 Å². The summed E-state index contributed by atoms with van der Waals surface area (Å²) in [7, 11) is 0. The van der Waals surface area contributed by atoms with E-state index in [0.29, 0.717) is 0 Å². The summed E-state index contributed by atoms with van der Waals surface area (Å²) in [5.41, 5.74) is 1.04. The van der Waals surface area contributed by atoms with E-state index in [2.05, 4.69) is 15.3 Å². The van der Waals surface area contributed by atoms with Crippen molar-refractivity contribution < 1.29 is 0 Å². The molecule has 2 rings (SSSR count). The number of nitrogens with one attached hydrogen (secondary N) is 1. The summed E-state index contributed by atoms with van der Waals surface area (Å²) in [5, 5.41) is 3.37. The van der Waals surface area contributed by atoms with Crippen molar-refractivity contribution in [1.82, 2.24) is 9.97 Å². The van der Waals surface area contributed by atoms with E-state index in [1.165, 1.54) is 38.5 Å². The second-order valence-electron chi connectivity index (χ2n) is 4.35. The highest BCUT2D eigenvalue weighted by molar-refractivity contribution is 5.36. The van der Waals surface area contributed by atoms with Gasteiger partial charge < -0.3 is 5.32 Å². The van der Waals surface area contributed by atoms with Crippen molar-refractivity contribution in [2.24, 2.45) is 5.92 Å². The molecule has 0 spiro atoms. The van der Waals surface area contributed by atoms with Crippen LogP contribution in [0.5, 0.6) is 0 Å². The van der Waals surface area contributed by atoms with Crippen molar-refractivity contribution in [2.45, 2.75) is 38.5 Å². The van der Waals surface area contributed by atoms with E-state index in [1.54, 1.807) is 6.33 Å². The van der Waals surface area contributed by atoms with E-state index in [9.17, 15) is 0 Å². The normalized spacial score (nSPS) is 17.6. The summed E-state index contributed by atoms with van der Waals surface area (Å²) >= 11 is 0. The highest BCUT2D eigenvalue weighted by Crippen LogP contribution is 2.26. The van der Waals surface area contributed by atoms with Crippen LogP contribution in [0.2, 0.25) is 0 Å². The molecule has 1 N–H and O–H groups in total. The van der Waals surface area contributed by atoms with Crippen LogP contribution in [0, 0.1) is 5.92 Å². The van der Waals surface area contributed by atoms with Crippen molar-refractivity contribution in [3.63, 3.8) is 0 Å². The molecule has 1 heterocycles. The summed E-state index contributed by atoms with van der Waals surface area (Å²) in [6.45, 7) is 1.05. The van der Waals surface area contributed by atoms with E-state index < -0.39 is 0 Å². The molecule has 1 aromatic heterocycles. The molecule has 3 nitrogen and oxygen atoms in total. The Morgan fingerprint density at radius 2 is 1.87 bits per heavy atom. The van der Waals surface area contributed by atoms with Crippen molar-refractivity contribution in [3.8, 4) is 0 Å². The van der Waals surface area contributed by atoms with Crippen LogP contribution in [0.25, 0.3) is 0 Å². The summed E-state index contributed by atoms with van der Waals surface area (Å²) in [6, 6.07) is 0. The number of aromatic nitrogens is 2. The zero-order valence-corrected chi connectivity index (χ0v) is 9.15. The van der Waals surface area contributed by atoms with E-state index in [-0.39, 0.29) is 0 Å². The largest absolute Gasteiger partial charge is 0.383 e. The number of rotatable bonds is 4. The maximum atomic E-state index is 3.98. The van der Waals surface area contributed by atoms with Gasteiger partial charge in [-0.2, -0.15) is 0 Å². The Kier molecular flexibility index (Phi) is 3.94. The second kappa shape index (κ2) is 5.69. The maximum absolute atomic E-state index is 3.98. The van der Waals surface area contributed by atoms with E-state index >= 15 is 0 Å². The van der Waals surface area contributed by atoms with Gasteiger partial charge in [0, 0.05) is 6.54 Å². The predicted octanol–water partition coefficient (Wildman–Crippen LogP) is 2.86. The van der Waals surface area contributed by atoms with Gasteiger partial charge in [0.25, 0.3) is 0 Å². The Morgan fingerprint density at radius 1 is 1.13 bits per heavy atom. The van der Waals surface area contributed by atoms with E-state index in [4.69, 9.17) is 0 Å². The lowest BCUT2D eigenvalue weighted by Gasteiger charge is -2.21. The fourth-order valence-electron chi connectivity index (χ4n) is 2.29. The first-order chi connectivity index (χ1) is 7.45. The van der Waals surface area contributed by atoms with Gasteiger partial charge >= 0.3 is 0 Å². The maximum Gasteiger partial charge on any atom is 0.115 e. The van der Waals surface area contributed by atoms with Crippen LogP contribution in [0.1, 0.15) is 38.5 Å². The van der Waals surface area contributed by atoms with Crippen LogP contribution in [0.15, 0.2) is 18.7 Å². The lowest BCUT2D eigenvalue weighted by Crippen LogP contribution is -2.12. The highest BCUT2D eigenvalue weighted by atomic mass is 14.9. The van der Waals surface area contributed by atoms with Gasteiger partial charge in [0.2, 0.25) is 0 Å². The van der Waals surface area contributed by atoms with Gasteiger partial charge in [0.05, 0.1) is 18.1 Å². The third-order valence-electron chi connectivity index (χ3n) is 3.17. The summed E-state index contributed by atoms with van der Waals surface area (Å²) in [5.74, 6) is 0.941. The molecule has 82 valence electrons. The Balaban J connectivity index is 1.66. The zero-order chi connectivity index (χ0) is 10.3. The molecule has 0 unspecified atom stereocenters. The molecule has 1 aliphatic rings. The first-order valence-electron chi connectivity index (χ1n) is 5.94. The Hall–Kier alpha value is -1.12. The average Bonchev–Trinajstić information content (AvgIpc) is 2.32. The second-order valence-corrected chi connectivity index (χ2v) is 4.35. The molecular formula is C12H19N3. The van der Waals surface area contributed by atoms with Crippen LogP contribution in [0.3, 0.4) is 0 Å². The van der Waals surface area contributed by atoms with Crippen LogP contribution >= 0.6 is 0 Å². The van der Waals surface area contributed by atoms with Crippen molar-refractivity contribution in [1.29, 1.82) is 0 Å². The molecule has 0 atom stereocenters. The third-order valence-corrected chi connectivity index (χ3v) is 3.17. The standard InChI is InChI=1S/C12H19N3/c1-2-4-11(5-3-1)6-7-15-12-8-13-10-14-9-12/h8-11,15H,1-7H2. The SMILES string of the molecule is c1ncc(NCCC2CCCCC2)cn1. The number of anilines is 1. The van der Waals surface area contributed by atoms with Crippen LogP contribution in [-0.4, -0.2) is 16.5 Å². The van der Waals surface area contributed by atoms with Crippen LogP contribution in [0.4, 0.5) is 5.69 Å². The van der Waals surface area contributed by atoms with Gasteiger partial charge in [-0.15, -0.1) is 0 Å². The summed E-state index contributed by atoms with van der Waals surface area (Å²) < 4.78 is 0. The molecule has 0 radical (unpaired) electrons. The van der Waals surface area contributed by atoms with Crippen LogP contribution in [-0.2, 0) is 0 Å². The van der Waals surface area contributed by atoms with Crippen molar-refractivity contribution in [2.75, 3.05) is 11.9 Å². The number of hydrogen-bond donors (Lipinski definition) is 1. The first-order valence-corrected chi connectivity index (χ1v) is 5.94. The van der Waals surface area contributed by atoms with Gasteiger partial charge in [-0.05, 0) is 12.3 Å². The molecule has 0 bridgehead atoms. The van der Waals surface area contributed by atoms with Gasteiger partial charge in [0.1, 0.15) is 6.33 Å². The van der Waals surface area contributed by atoms with Gasteiger partial charge in [-0.25, -0.2) is 9.97 Å². The zero-order valence-electron chi connectivity index (χ0n) is 9.15. The fraction of sp³-hybridized carbons (Fsp3) is 0.667. The topological polar surface area (TPSA) is 37.8 Å². The summed E-state index contributed by atoms with van der Waals surface area (Å²) in [6.07, 6.45) is 13.7. The van der Waals surface area contributed by atoms with Gasteiger partial charge in [-0.1, -0.05) is 32.1 Å². The monoisotopic (exact) mass is 205 g/mol. The molecule has 0 aliphatic heterocycles. The number of nitrogens with zero attached hydrogens (tertiary/aromatic N) is 2. The average molecular weight is 205 g/mol. The molecule has 1 aliphatic carbocycles. The number of hydrogen-bond acceptors (Lipinski definition) is 3. The third kappa shape index (κ3) is 3.50. The molecule has 3 heteroatoms. The lowest BCUT2D eigenvalue weighted by molar-refractivity contribution is 0.345. The fourth-order valence-corrected chi connectivity index (χ4v) is 2.29. The first kappa shape index (κ1) is 10.4. The minimum Gasteiger partial charge on any atom is -0.383 e. The molecular weight excluding hydrogens is 186 g/mol. The Morgan fingerprint density at radius 3 is 2.60 bits per heavy atom. The minimum atomic E-state index is 0.941. The van der Waals surface area contributed by atoms with E-state index in [1.807, 2.05) is 12.4 Å². The quantitative estimate of drug-likeness (QED) is 0.821. The highest BCUT2D eigenvalue weighted by Gasteiger charge is 2.12. The van der Waals surface area contributed by atoms with Gasteiger partial charge in [0.15, 0.2) is 0 Å². The molecule has 15 heavy (non-hydrogen) atoms. The molecule has 0 aromatic carbocycles. The van der Waals surface area contributed by atoms with Gasteiger partial charge in [-0.3, -0.25) is 0 Å². The Bertz CT molecular complexity index is 267. The smallest absolute Gasteiger partial charge is 0.115 e. The molecule has 1 fully saturated rings. The molecule has 0 amide bonds. The van der Waals surface area contributed by atoms with Crippen LogP contribution < -0.4 is 5.32 Å². The molecule has 1 aromatic rings. The summed E-state index contributed by atoms with van der Waals surface area (Å²) in [4.78, 5) is 7.95. The minimum absolute atomic E-state index is 0.941. The van der Waals surface area contributed by atoms with Crippen molar-refractivity contribution in [3.05, 3.63) is 18.7 Å². The lowest BCUT2D eigenvalue weighted by atomic mass is 9.87.